The monoisotopic (exact) mass is 332 g/mol. The van der Waals surface area contributed by atoms with Crippen LogP contribution in [0.2, 0.25) is 5.02 Å². The van der Waals surface area contributed by atoms with Crippen molar-refractivity contribution >= 4 is 29.1 Å². The topological polar surface area (TPSA) is 62.6 Å². The second kappa shape index (κ2) is 6.46. The summed E-state index contributed by atoms with van der Waals surface area (Å²) >= 11 is 6.12. The lowest BCUT2D eigenvalue weighted by Crippen LogP contribution is -2.36. The number of hydrogen-bond donors (Lipinski definition) is 1. The summed E-state index contributed by atoms with van der Waals surface area (Å²) in [5, 5.41) is 3.36. The summed E-state index contributed by atoms with van der Waals surface area (Å²) < 4.78 is 5.16. The summed E-state index contributed by atoms with van der Waals surface area (Å²) in [6.45, 7) is 2.70. The van der Waals surface area contributed by atoms with Crippen LogP contribution in [0.4, 0.5) is 5.69 Å². The second-order valence-corrected chi connectivity index (χ2v) is 5.97. The Balaban J connectivity index is 1.66. The molecular formula is C17H17ClN2O3. The highest BCUT2D eigenvalue weighted by Crippen LogP contribution is 2.29. The maximum Gasteiger partial charge on any atom is 0.239 e. The number of halogens is 1. The van der Waals surface area contributed by atoms with Crippen LogP contribution in [-0.4, -0.2) is 18.4 Å². The van der Waals surface area contributed by atoms with Crippen LogP contribution in [-0.2, 0) is 16.1 Å². The minimum Gasteiger partial charge on any atom is -0.467 e. The number of carbonyl (C=O) groups excluding carboxylic acids is 2. The molecule has 1 N–H and O–H groups in total. The number of carbonyl (C=O) groups is 2. The molecule has 1 aromatic heterocycles. The van der Waals surface area contributed by atoms with Crippen molar-refractivity contribution in [1.29, 1.82) is 0 Å². The summed E-state index contributed by atoms with van der Waals surface area (Å²) in [7, 11) is 0. The van der Waals surface area contributed by atoms with Crippen molar-refractivity contribution in [2.24, 2.45) is 5.92 Å². The van der Waals surface area contributed by atoms with Crippen LogP contribution in [0.25, 0.3) is 0 Å². The Bertz CT molecular complexity index is 727. The zero-order chi connectivity index (χ0) is 16.4. The molecule has 6 heteroatoms. The lowest BCUT2D eigenvalue weighted by Gasteiger charge is -2.17. The van der Waals surface area contributed by atoms with Crippen molar-refractivity contribution in [3.63, 3.8) is 0 Å². The maximum atomic E-state index is 12.5. The molecule has 3 rings (SSSR count). The van der Waals surface area contributed by atoms with Gasteiger partial charge in [0.1, 0.15) is 11.7 Å². The normalized spacial score (nSPS) is 17.6. The predicted octanol–water partition coefficient (Wildman–Crippen LogP) is 2.91. The van der Waals surface area contributed by atoms with E-state index in [0.29, 0.717) is 23.7 Å². The minimum atomic E-state index is -0.662. The third-order valence-corrected chi connectivity index (χ3v) is 4.41. The van der Waals surface area contributed by atoms with E-state index in [9.17, 15) is 9.59 Å². The van der Waals surface area contributed by atoms with Gasteiger partial charge < -0.3 is 14.6 Å². The lowest BCUT2D eigenvalue weighted by molar-refractivity contribution is -0.132. The third-order valence-electron chi connectivity index (χ3n) is 4.01. The molecule has 1 atom stereocenters. The first kappa shape index (κ1) is 15.6. The average molecular weight is 333 g/mol. The lowest BCUT2D eigenvalue weighted by atomic mass is 10.1. The van der Waals surface area contributed by atoms with Gasteiger partial charge in [0.15, 0.2) is 0 Å². The molecule has 0 radical (unpaired) electrons. The van der Waals surface area contributed by atoms with Gasteiger partial charge in [-0.1, -0.05) is 17.7 Å². The van der Waals surface area contributed by atoms with Crippen molar-refractivity contribution in [3.8, 4) is 0 Å². The quantitative estimate of drug-likeness (QED) is 0.876. The number of amides is 2. The van der Waals surface area contributed by atoms with Crippen molar-refractivity contribution in [2.45, 2.75) is 19.9 Å². The predicted molar refractivity (Wildman–Crippen MR) is 87.2 cm³/mol. The molecule has 2 aromatic rings. The fraction of sp³-hybridized carbons (Fsp3) is 0.294. The van der Waals surface area contributed by atoms with Gasteiger partial charge in [-0.3, -0.25) is 9.59 Å². The highest BCUT2D eigenvalue weighted by atomic mass is 35.5. The van der Waals surface area contributed by atoms with Gasteiger partial charge in [-0.05, 0) is 43.2 Å². The summed E-state index contributed by atoms with van der Waals surface area (Å²) in [4.78, 5) is 26.3. The van der Waals surface area contributed by atoms with Crippen LogP contribution in [0.3, 0.4) is 0 Å². The van der Waals surface area contributed by atoms with Gasteiger partial charge in [-0.15, -0.1) is 0 Å². The number of nitrogens with one attached hydrogen (secondary N) is 1. The first-order chi connectivity index (χ1) is 11.1. The summed E-state index contributed by atoms with van der Waals surface area (Å²) in [5.41, 5.74) is 1.68. The number of hydrogen-bond acceptors (Lipinski definition) is 3. The van der Waals surface area contributed by atoms with E-state index < -0.39 is 5.92 Å². The van der Waals surface area contributed by atoms with Crippen molar-refractivity contribution in [3.05, 3.63) is 52.9 Å². The smallest absolute Gasteiger partial charge is 0.239 e. The molecule has 2 heterocycles. The highest BCUT2D eigenvalue weighted by Gasteiger charge is 2.37. The van der Waals surface area contributed by atoms with Crippen LogP contribution in [0, 0.1) is 12.8 Å². The molecule has 120 valence electrons. The largest absolute Gasteiger partial charge is 0.467 e. The fourth-order valence-electron chi connectivity index (χ4n) is 2.64. The molecule has 23 heavy (non-hydrogen) atoms. The number of anilines is 1. The molecule has 0 bridgehead atoms. The summed E-state index contributed by atoms with van der Waals surface area (Å²) in [6.07, 6.45) is 2.04. The Hall–Kier alpha value is -2.27. The van der Waals surface area contributed by atoms with Gasteiger partial charge in [0.05, 0.1) is 12.8 Å². The van der Waals surface area contributed by atoms with Gasteiger partial charge >= 0.3 is 0 Å². The highest BCUT2D eigenvalue weighted by molar-refractivity contribution is 6.31. The van der Waals surface area contributed by atoms with Gasteiger partial charge in [-0.2, -0.15) is 0 Å². The molecule has 5 nitrogen and oxygen atoms in total. The molecule has 2 amide bonds. The summed E-state index contributed by atoms with van der Waals surface area (Å²) in [6, 6.07) is 9.01. The second-order valence-electron chi connectivity index (χ2n) is 5.56. The van der Waals surface area contributed by atoms with Crippen molar-refractivity contribution in [2.75, 3.05) is 11.4 Å². The molecule has 1 aliphatic heterocycles. The molecule has 1 unspecified atom stereocenters. The van der Waals surface area contributed by atoms with E-state index >= 15 is 0 Å². The zero-order valence-corrected chi connectivity index (χ0v) is 13.5. The molecule has 0 spiro atoms. The van der Waals surface area contributed by atoms with Crippen LogP contribution < -0.4 is 10.2 Å². The molecule has 1 fully saturated rings. The van der Waals surface area contributed by atoms with Crippen LogP contribution >= 0.6 is 11.6 Å². The standard InChI is InChI=1S/C17H17ClN2O3/c1-11-4-5-12(9-15(11)18)20-7-6-14(17(20)22)16(21)19-10-13-3-2-8-23-13/h2-5,8-9,14H,6-7,10H2,1H3,(H,19,21). The van der Waals surface area contributed by atoms with E-state index in [1.54, 1.807) is 29.4 Å². The van der Waals surface area contributed by atoms with Gasteiger partial charge in [-0.25, -0.2) is 0 Å². The molecule has 1 aromatic carbocycles. The Morgan fingerprint density at radius 2 is 2.26 bits per heavy atom. The van der Waals surface area contributed by atoms with E-state index in [1.165, 1.54) is 0 Å². The van der Waals surface area contributed by atoms with Crippen molar-refractivity contribution in [1.82, 2.24) is 5.32 Å². The number of furan rings is 1. The van der Waals surface area contributed by atoms with Gasteiger partial charge in [0.2, 0.25) is 11.8 Å². The number of nitrogens with zero attached hydrogens (tertiary/aromatic N) is 1. The third kappa shape index (κ3) is 3.24. The zero-order valence-electron chi connectivity index (χ0n) is 12.7. The molecule has 1 aliphatic rings. The number of benzene rings is 1. The molecular weight excluding hydrogens is 316 g/mol. The van der Waals surface area contributed by atoms with E-state index in [-0.39, 0.29) is 18.4 Å². The van der Waals surface area contributed by atoms with E-state index in [4.69, 9.17) is 16.0 Å². The minimum absolute atomic E-state index is 0.193. The number of aryl methyl sites for hydroxylation is 1. The Kier molecular flexibility index (Phi) is 4.39. The van der Waals surface area contributed by atoms with Gasteiger partial charge in [0, 0.05) is 17.3 Å². The Labute approximate surface area is 139 Å². The molecule has 0 saturated carbocycles. The van der Waals surface area contributed by atoms with Crippen LogP contribution in [0.15, 0.2) is 41.0 Å². The average Bonchev–Trinajstić information content (AvgIpc) is 3.17. The molecule has 1 saturated heterocycles. The Morgan fingerprint density at radius 3 is 2.96 bits per heavy atom. The fourth-order valence-corrected chi connectivity index (χ4v) is 2.81. The van der Waals surface area contributed by atoms with E-state index in [0.717, 1.165) is 11.3 Å². The first-order valence-electron chi connectivity index (χ1n) is 7.44. The first-order valence-corrected chi connectivity index (χ1v) is 7.81. The molecule has 0 aliphatic carbocycles. The number of rotatable bonds is 4. The van der Waals surface area contributed by atoms with Crippen LogP contribution in [0.1, 0.15) is 17.7 Å². The maximum absolute atomic E-state index is 12.5. The Morgan fingerprint density at radius 1 is 1.43 bits per heavy atom. The van der Waals surface area contributed by atoms with E-state index in [2.05, 4.69) is 5.32 Å². The summed E-state index contributed by atoms with van der Waals surface area (Å²) in [5.74, 6) is -0.468. The van der Waals surface area contributed by atoms with E-state index in [1.807, 2.05) is 19.1 Å². The van der Waals surface area contributed by atoms with Crippen molar-refractivity contribution < 1.29 is 14.0 Å². The SMILES string of the molecule is Cc1ccc(N2CCC(C(=O)NCc3ccco3)C2=O)cc1Cl. The van der Waals surface area contributed by atoms with Gasteiger partial charge in [0.25, 0.3) is 0 Å². The van der Waals surface area contributed by atoms with Crippen LogP contribution in [0.5, 0.6) is 0 Å².